The number of carbonyl (C=O) groups excluding carboxylic acids is 2. The Labute approximate surface area is 124 Å². The van der Waals surface area contributed by atoms with Crippen molar-refractivity contribution in [3.63, 3.8) is 0 Å². The van der Waals surface area contributed by atoms with E-state index in [2.05, 4.69) is 5.32 Å². The minimum absolute atomic E-state index is 0. The lowest BCUT2D eigenvalue weighted by Gasteiger charge is -2.29. The molecule has 0 bridgehead atoms. The molecular weight excluding hydrogens is 278 g/mol. The number of carbonyl (C=O) groups is 2. The first-order valence-corrected chi connectivity index (χ1v) is 6.57. The summed E-state index contributed by atoms with van der Waals surface area (Å²) in [6, 6.07) is 7.91. The van der Waals surface area contributed by atoms with E-state index >= 15 is 0 Å². The van der Waals surface area contributed by atoms with Crippen molar-refractivity contribution in [1.29, 1.82) is 0 Å². The van der Waals surface area contributed by atoms with Crippen molar-refractivity contribution in [2.24, 2.45) is 5.73 Å². The smallest absolute Gasteiger partial charge is 0.246 e. The van der Waals surface area contributed by atoms with Crippen LogP contribution in [-0.2, 0) is 16.0 Å². The van der Waals surface area contributed by atoms with Gasteiger partial charge in [0, 0.05) is 25.2 Å². The minimum atomic E-state index is -0.179. The lowest BCUT2D eigenvalue weighted by Crippen LogP contribution is -2.42. The fraction of sp³-hybridized carbons (Fsp3) is 0.429. The number of para-hydroxylation sites is 1. The van der Waals surface area contributed by atoms with Gasteiger partial charge < -0.3 is 16.0 Å². The van der Waals surface area contributed by atoms with Gasteiger partial charge in [-0.15, -0.1) is 12.4 Å². The number of halogens is 1. The van der Waals surface area contributed by atoms with Gasteiger partial charge in [0.15, 0.2) is 0 Å². The number of benzene rings is 1. The van der Waals surface area contributed by atoms with Gasteiger partial charge in [-0.3, -0.25) is 9.59 Å². The number of hydrogen-bond acceptors (Lipinski definition) is 3. The van der Waals surface area contributed by atoms with E-state index in [1.165, 1.54) is 5.56 Å². The van der Waals surface area contributed by atoms with Crippen LogP contribution < -0.4 is 16.0 Å². The molecule has 0 aliphatic carbocycles. The molecule has 0 unspecified atom stereocenters. The first kappa shape index (κ1) is 16.5. The molecule has 1 heterocycles. The molecule has 0 spiro atoms. The highest BCUT2D eigenvalue weighted by Gasteiger charge is 2.21. The van der Waals surface area contributed by atoms with Gasteiger partial charge in [-0.25, -0.2) is 0 Å². The van der Waals surface area contributed by atoms with E-state index in [9.17, 15) is 9.59 Å². The van der Waals surface area contributed by atoms with Crippen LogP contribution in [0.2, 0.25) is 0 Å². The lowest BCUT2D eigenvalue weighted by atomic mass is 10.0. The molecule has 6 heteroatoms. The van der Waals surface area contributed by atoms with Gasteiger partial charge in [0.25, 0.3) is 0 Å². The van der Waals surface area contributed by atoms with Crippen molar-refractivity contribution in [3.8, 4) is 0 Å². The van der Waals surface area contributed by atoms with Crippen LogP contribution in [0.3, 0.4) is 0 Å². The van der Waals surface area contributed by atoms with Crippen molar-refractivity contribution in [1.82, 2.24) is 5.32 Å². The Bertz CT molecular complexity index is 479. The normalized spacial score (nSPS) is 13.2. The molecule has 1 aromatic rings. The van der Waals surface area contributed by atoms with Gasteiger partial charge in [0.2, 0.25) is 11.8 Å². The molecule has 0 saturated carbocycles. The second kappa shape index (κ2) is 7.87. The largest absolute Gasteiger partial charge is 0.347 e. The second-order valence-electron chi connectivity index (χ2n) is 4.59. The molecule has 3 N–H and O–H groups in total. The summed E-state index contributed by atoms with van der Waals surface area (Å²) in [5.74, 6) is -0.251. The van der Waals surface area contributed by atoms with Crippen LogP contribution in [-0.4, -0.2) is 31.4 Å². The maximum Gasteiger partial charge on any atom is 0.246 e. The molecule has 5 nitrogen and oxygen atoms in total. The van der Waals surface area contributed by atoms with Crippen LogP contribution in [0.25, 0.3) is 0 Å². The summed E-state index contributed by atoms with van der Waals surface area (Å²) < 4.78 is 0. The highest BCUT2D eigenvalue weighted by molar-refractivity contribution is 5.97. The standard InChI is InChI=1S/C14H19N3O2.ClH/c15-8-7-13(18)16-10-14(19)17-9-3-5-11-4-1-2-6-12(11)17;/h1-2,4,6H,3,5,7-10,15H2,(H,16,18);1H. The highest BCUT2D eigenvalue weighted by atomic mass is 35.5. The van der Waals surface area contributed by atoms with Gasteiger partial charge in [0.1, 0.15) is 0 Å². The SMILES string of the molecule is Cl.NCCC(=O)NCC(=O)N1CCCc2ccccc21. The predicted octanol–water partition coefficient (Wildman–Crippen LogP) is 0.853. The number of nitrogens with one attached hydrogen (secondary N) is 1. The Morgan fingerprint density at radius 2 is 2.05 bits per heavy atom. The maximum absolute atomic E-state index is 12.1. The summed E-state index contributed by atoms with van der Waals surface area (Å²) in [4.78, 5) is 25.2. The minimum Gasteiger partial charge on any atom is -0.347 e. The van der Waals surface area contributed by atoms with Crippen molar-refractivity contribution >= 4 is 29.9 Å². The molecule has 0 atom stereocenters. The highest BCUT2D eigenvalue weighted by Crippen LogP contribution is 2.26. The molecule has 20 heavy (non-hydrogen) atoms. The second-order valence-corrected chi connectivity index (χ2v) is 4.59. The monoisotopic (exact) mass is 297 g/mol. The lowest BCUT2D eigenvalue weighted by molar-refractivity contribution is -0.124. The Morgan fingerprint density at radius 3 is 2.80 bits per heavy atom. The molecule has 0 fully saturated rings. The fourth-order valence-corrected chi connectivity index (χ4v) is 2.28. The predicted molar refractivity (Wildman–Crippen MR) is 81.0 cm³/mol. The maximum atomic E-state index is 12.1. The Hall–Kier alpha value is -1.59. The van der Waals surface area contributed by atoms with Crippen LogP contribution in [0, 0.1) is 0 Å². The molecule has 0 aromatic heterocycles. The Kier molecular flexibility index (Phi) is 6.48. The van der Waals surface area contributed by atoms with Gasteiger partial charge in [-0.2, -0.15) is 0 Å². The zero-order valence-corrected chi connectivity index (χ0v) is 12.1. The number of hydrogen-bond donors (Lipinski definition) is 2. The van der Waals surface area contributed by atoms with E-state index in [0.29, 0.717) is 13.1 Å². The summed E-state index contributed by atoms with van der Waals surface area (Å²) in [6.45, 7) is 1.04. The summed E-state index contributed by atoms with van der Waals surface area (Å²) in [5, 5.41) is 2.60. The van der Waals surface area contributed by atoms with Crippen LogP contribution in [0.15, 0.2) is 24.3 Å². The third kappa shape index (κ3) is 3.95. The third-order valence-electron chi connectivity index (χ3n) is 3.22. The first-order valence-electron chi connectivity index (χ1n) is 6.57. The molecule has 1 aromatic carbocycles. The molecule has 1 aliphatic rings. The molecule has 0 saturated heterocycles. The average Bonchev–Trinajstić information content (AvgIpc) is 2.44. The summed E-state index contributed by atoms with van der Waals surface area (Å²) >= 11 is 0. The summed E-state index contributed by atoms with van der Waals surface area (Å²) in [5.41, 5.74) is 7.44. The van der Waals surface area contributed by atoms with Crippen LogP contribution in [0.1, 0.15) is 18.4 Å². The molecular formula is C14H20ClN3O2. The number of nitrogens with zero attached hydrogens (tertiary/aromatic N) is 1. The van der Waals surface area contributed by atoms with Crippen molar-refractivity contribution in [3.05, 3.63) is 29.8 Å². The number of aryl methyl sites for hydroxylation is 1. The first-order chi connectivity index (χ1) is 9.22. The van der Waals surface area contributed by atoms with Crippen LogP contribution in [0.5, 0.6) is 0 Å². The van der Waals surface area contributed by atoms with E-state index in [4.69, 9.17) is 5.73 Å². The fourth-order valence-electron chi connectivity index (χ4n) is 2.28. The number of rotatable bonds is 4. The zero-order chi connectivity index (χ0) is 13.7. The quantitative estimate of drug-likeness (QED) is 0.865. The number of amides is 2. The molecule has 110 valence electrons. The topological polar surface area (TPSA) is 75.4 Å². The van der Waals surface area contributed by atoms with Gasteiger partial charge in [-0.05, 0) is 24.5 Å². The number of fused-ring (bicyclic) bond motifs is 1. The van der Waals surface area contributed by atoms with E-state index in [1.807, 2.05) is 24.3 Å². The molecule has 2 amide bonds. The van der Waals surface area contributed by atoms with Crippen LogP contribution >= 0.6 is 12.4 Å². The molecule has 2 rings (SSSR count). The Balaban J connectivity index is 0.00000200. The summed E-state index contributed by atoms with van der Waals surface area (Å²) in [7, 11) is 0. The average molecular weight is 298 g/mol. The number of nitrogens with two attached hydrogens (primary N) is 1. The van der Waals surface area contributed by atoms with Crippen molar-refractivity contribution in [2.75, 3.05) is 24.5 Å². The van der Waals surface area contributed by atoms with E-state index in [0.717, 1.165) is 18.5 Å². The summed E-state index contributed by atoms with van der Waals surface area (Å²) in [6.07, 6.45) is 2.21. The molecule has 0 radical (unpaired) electrons. The third-order valence-corrected chi connectivity index (χ3v) is 3.22. The van der Waals surface area contributed by atoms with Crippen molar-refractivity contribution < 1.29 is 9.59 Å². The number of anilines is 1. The Morgan fingerprint density at radius 1 is 1.30 bits per heavy atom. The van der Waals surface area contributed by atoms with Gasteiger partial charge in [0.05, 0.1) is 6.54 Å². The molecule has 1 aliphatic heterocycles. The zero-order valence-electron chi connectivity index (χ0n) is 11.3. The van der Waals surface area contributed by atoms with Gasteiger partial charge in [-0.1, -0.05) is 18.2 Å². The van der Waals surface area contributed by atoms with Crippen molar-refractivity contribution in [2.45, 2.75) is 19.3 Å². The van der Waals surface area contributed by atoms with E-state index in [1.54, 1.807) is 4.90 Å². The van der Waals surface area contributed by atoms with E-state index < -0.39 is 0 Å². The van der Waals surface area contributed by atoms with Gasteiger partial charge >= 0.3 is 0 Å². The van der Waals surface area contributed by atoms with Crippen LogP contribution in [0.4, 0.5) is 5.69 Å². The van der Waals surface area contributed by atoms with E-state index in [-0.39, 0.29) is 37.2 Å².